The minimum Gasteiger partial charge on any atom is -0.381 e. The molecule has 4 heterocycles. The lowest BCUT2D eigenvalue weighted by atomic mass is 9.60. The average Bonchev–Trinajstić information content (AvgIpc) is 3.36. The zero-order valence-corrected chi connectivity index (χ0v) is 17.6. The molecule has 2 spiro atoms. The molecule has 0 radical (unpaired) electrons. The fourth-order valence-corrected chi connectivity index (χ4v) is 5.99. The van der Waals surface area contributed by atoms with E-state index >= 15 is 0 Å². The van der Waals surface area contributed by atoms with Crippen molar-refractivity contribution in [3.05, 3.63) is 66.0 Å². The van der Waals surface area contributed by atoms with Gasteiger partial charge in [0.15, 0.2) is 0 Å². The highest BCUT2D eigenvalue weighted by Gasteiger charge is 2.59. The van der Waals surface area contributed by atoms with Gasteiger partial charge >= 0.3 is 0 Å². The molecule has 0 saturated carbocycles. The van der Waals surface area contributed by atoms with E-state index in [9.17, 15) is 4.79 Å². The van der Waals surface area contributed by atoms with Crippen LogP contribution in [0.4, 0.5) is 0 Å². The van der Waals surface area contributed by atoms with E-state index in [0.717, 1.165) is 70.9 Å². The van der Waals surface area contributed by atoms with Gasteiger partial charge in [0.2, 0.25) is 5.91 Å². The maximum absolute atomic E-state index is 12.8. The topological polar surface area (TPSA) is 45.7 Å². The normalized spacial score (nSPS) is 25.9. The zero-order valence-electron chi connectivity index (χ0n) is 17.6. The van der Waals surface area contributed by atoms with Gasteiger partial charge in [-0.2, -0.15) is 0 Å². The number of aromatic nitrogens is 1. The highest BCUT2D eigenvalue weighted by molar-refractivity contribution is 5.78. The van der Waals surface area contributed by atoms with Gasteiger partial charge in [0, 0.05) is 56.6 Å². The first kappa shape index (κ1) is 19.7. The van der Waals surface area contributed by atoms with Crippen molar-refractivity contribution in [2.24, 2.45) is 10.8 Å². The summed E-state index contributed by atoms with van der Waals surface area (Å²) in [7, 11) is 0. The molecule has 1 atom stereocenters. The van der Waals surface area contributed by atoms with Gasteiger partial charge < -0.3 is 9.64 Å². The summed E-state index contributed by atoms with van der Waals surface area (Å²) in [5.74, 6) is 0.208. The number of pyridine rings is 1. The van der Waals surface area contributed by atoms with E-state index in [1.807, 2.05) is 18.2 Å². The molecular weight excluding hydrogens is 374 g/mol. The van der Waals surface area contributed by atoms with Gasteiger partial charge in [-0.15, -0.1) is 0 Å². The molecule has 3 saturated heterocycles. The van der Waals surface area contributed by atoms with Crippen molar-refractivity contribution in [2.45, 2.75) is 32.2 Å². The summed E-state index contributed by atoms with van der Waals surface area (Å²) in [5, 5.41) is 0. The summed E-state index contributed by atoms with van der Waals surface area (Å²) in [6.45, 7) is 6.70. The number of likely N-dealkylation sites (tertiary alicyclic amines) is 2. The Morgan fingerprint density at radius 1 is 0.967 bits per heavy atom. The minimum absolute atomic E-state index is 0.208. The number of rotatable bonds is 4. The Morgan fingerprint density at radius 2 is 1.73 bits per heavy atom. The van der Waals surface area contributed by atoms with Crippen molar-refractivity contribution in [1.82, 2.24) is 14.8 Å². The number of fused-ring (bicyclic) bond motifs is 1. The predicted octanol–water partition coefficient (Wildman–Crippen LogP) is 3.16. The second kappa shape index (κ2) is 8.12. The maximum atomic E-state index is 12.8. The third kappa shape index (κ3) is 3.65. The van der Waals surface area contributed by atoms with Gasteiger partial charge in [-0.25, -0.2) is 0 Å². The van der Waals surface area contributed by atoms with Crippen LogP contribution in [-0.4, -0.2) is 60.1 Å². The summed E-state index contributed by atoms with van der Waals surface area (Å²) >= 11 is 0. The van der Waals surface area contributed by atoms with Crippen LogP contribution in [-0.2, 0) is 22.5 Å². The van der Waals surface area contributed by atoms with Crippen LogP contribution in [0, 0.1) is 10.8 Å². The molecule has 0 N–H and O–H groups in total. The molecule has 5 nitrogen and oxygen atoms in total. The van der Waals surface area contributed by atoms with E-state index < -0.39 is 0 Å². The molecule has 0 bridgehead atoms. The second-order valence-electron chi connectivity index (χ2n) is 9.37. The van der Waals surface area contributed by atoms with Gasteiger partial charge in [0.1, 0.15) is 0 Å². The smallest absolute Gasteiger partial charge is 0.228 e. The Hall–Kier alpha value is -2.24. The molecule has 3 fully saturated rings. The Balaban J connectivity index is 1.27. The van der Waals surface area contributed by atoms with E-state index in [4.69, 9.17) is 4.74 Å². The summed E-state index contributed by atoms with van der Waals surface area (Å²) in [6.07, 6.45) is 5.48. The highest BCUT2D eigenvalue weighted by atomic mass is 16.5. The summed E-state index contributed by atoms with van der Waals surface area (Å²) in [4.78, 5) is 21.9. The average molecular weight is 406 g/mol. The van der Waals surface area contributed by atoms with Gasteiger partial charge in [0.05, 0.1) is 13.0 Å². The molecule has 158 valence electrons. The zero-order chi connectivity index (χ0) is 20.4. The van der Waals surface area contributed by atoms with Gasteiger partial charge in [0.25, 0.3) is 0 Å². The Morgan fingerprint density at radius 3 is 2.43 bits per heavy atom. The molecule has 3 aliphatic rings. The first-order valence-corrected chi connectivity index (χ1v) is 11.2. The van der Waals surface area contributed by atoms with Crippen molar-refractivity contribution in [1.29, 1.82) is 0 Å². The summed E-state index contributed by atoms with van der Waals surface area (Å²) < 4.78 is 5.95. The first-order valence-electron chi connectivity index (χ1n) is 11.2. The van der Waals surface area contributed by atoms with Crippen LogP contribution in [0.2, 0.25) is 0 Å². The van der Waals surface area contributed by atoms with Crippen LogP contribution in [0.25, 0.3) is 0 Å². The number of carbonyl (C=O) groups excluding carboxylic acids is 1. The van der Waals surface area contributed by atoms with Crippen LogP contribution in [0.15, 0.2) is 54.7 Å². The molecule has 1 aromatic carbocycles. The van der Waals surface area contributed by atoms with Crippen LogP contribution in [0.5, 0.6) is 0 Å². The van der Waals surface area contributed by atoms with E-state index in [1.165, 1.54) is 5.56 Å². The van der Waals surface area contributed by atoms with Crippen molar-refractivity contribution in [2.75, 3.05) is 39.4 Å². The van der Waals surface area contributed by atoms with Crippen LogP contribution >= 0.6 is 0 Å². The summed E-state index contributed by atoms with van der Waals surface area (Å²) in [5.41, 5.74) is 2.75. The molecule has 1 aromatic heterocycles. The standard InChI is InChI=1S/C25H31N3O2/c29-23(16-22-8-4-5-12-26-22)28-13-9-24(10-14-28)18-27(17-21-6-2-1-3-7-21)19-25(24)11-15-30-20-25/h1-8,12H,9-11,13-20H2. The van der Waals surface area contributed by atoms with Crippen molar-refractivity contribution >= 4 is 5.91 Å². The molecule has 5 heteroatoms. The predicted molar refractivity (Wildman–Crippen MR) is 116 cm³/mol. The fraction of sp³-hybridized carbons (Fsp3) is 0.520. The SMILES string of the molecule is O=C(Cc1ccccn1)N1CCC2(CC1)CN(Cc1ccccc1)CC21CCOC1. The number of ether oxygens (including phenoxy) is 1. The number of hydrogen-bond donors (Lipinski definition) is 0. The molecular formula is C25H31N3O2. The van der Waals surface area contributed by atoms with E-state index in [2.05, 4.69) is 45.1 Å². The number of nitrogens with zero attached hydrogens (tertiary/aromatic N) is 3. The Labute approximate surface area is 179 Å². The number of piperidine rings is 1. The lowest BCUT2D eigenvalue weighted by Crippen LogP contribution is -2.51. The number of carbonyl (C=O) groups is 1. The molecule has 1 unspecified atom stereocenters. The Kier molecular flexibility index (Phi) is 5.34. The largest absolute Gasteiger partial charge is 0.381 e. The lowest BCUT2D eigenvalue weighted by Gasteiger charge is -2.47. The van der Waals surface area contributed by atoms with Crippen molar-refractivity contribution < 1.29 is 9.53 Å². The maximum Gasteiger partial charge on any atom is 0.228 e. The van der Waals surface area contributed by atoms with Crippen LogP contribution < -0.4 is 0 Å². The summed E-state index contributed by atoms with van der Waals surface area (Å²) in [6, 6.07) is 16.6. The fourth-order valence-electron chi connectivity index (χ4n) is 5.99. The van der Waals surface area contributed by atoms with E-state index in [0.29, 0.717) is 6.42 Å². The van der Waals surface area contributed by atoms with Crippen LogP contribution in [0.3, 0.4) is 0 Å². The third-order valence-electron chi connectivity index (χ3n) is 7.66. The molecule has 5 rings (SSSR count). The van der Waals surface area contributed by atoms with Gasteiger partial charge in [-0.3, -0.25) is 14.7 Å². The van der Waals surface area contributed by atoms with Crippen molar-refractivity contribution in [3.63, 3.8) is 0 Å². The molecule has 30 heavy (non-hydrogen) atoms. The monoisotopic (exact) mass is 405 g/mol. The van der Waals surface area contributed by atoms with E-state index in [1.54, 1.807) is 6.20 Å². The first-order chi connectivity index (χ1) is 14.7. The molecule has 1 amide bonds. The minimum atomic E-state index is 0.208. The van der Waals surface area contributed by atoms with E-state index in [-0.39, 0.29) is 16.7 Å². The molecule has 0 aliphatic carbocycles. The third-order valence-corrected chi connectivity index (χ3v) is 7.66. The van der Waals surface area contributed by atoms with Gasteiger partial charge in [-0.1, -0.05) is 36.4 Å². The number of hydrogen-bond acceptors (Lipinski definition) is 4. The molecule has 2 aromatic rings. The number of amides is 1. The van der Waals surface area contributed by atoms with Crippen molar-refractivity contribution in [3.8, 4) is 0 Å². The molecule has 3 aliphatic heterocycles. The number of benzene rings is 1. The quantitative estimate of drug-likeness (QED) is 0.784. The van der Waals surface area contributed by atoms with Crippen LogP contribution in [0.1, 0.15) is 30.5 Å². The lowest BCUT2D eigenvalue weighted by molar-refractivity contribution is -0.134. The second-order valence-corrected chi connectivity index (χ2v) is 9.37. The highest BCUT2D eigenvalue weighted by Crippen LogP contribution is 2.57. The van der Waals surface area contributed by atoms with Gasteiger partial charge in [-0.05, 0) is 42.4 Å². The Bertz CT molecular complexity index is 856.